The summed E-state index contributed by atoms with van der Waals surface area (Å²) < 4.78 is 68.4. The smallest absolute Gasteiger partial charge is 0.418 e. The van der Waals surface area contributed by atoms with E-state index in [0.717, 1.165) is 26.0 Å². The summed E-state index contributed by atoms with van der Waals surface area (Å²) in [5.74, 6) is -1.77. The van der Waals surface area contributed by atoms with Crippen LogP contribution >= 0.6 is 0 Å². The molecule has 4 rings (SSSR count). The summed E-state index contributed by atoms with van der Waals surface area (Å²) >= 11 is 0. The molecule has 3 aromatic rings. The van der Waals surface area contributed by atoms with Gasteiger partial charge in [-0.3, -0.25) is 0 Å². The van der Waals surface area contributed by atoms with E-state index in [0.29, 0.717) is 6.42 Å². The van der Waals surface area contributed by atoms with Gasteiger partial charge in [0.05, 0.1) is 24.5 Å². The lowest BCUT2D eigenvalue weighted by atomic mass is 10.0. The third kappa shape index (κ3) is 4.34. The van der Waals surface area contributed by atoms with E-state index < -0.39 is 40.6 Å². The molecule has 0 saturated carbocycles. The molecule has 2 unspecified atom stereocenters. The Morgan fingerprint density at radius 3 is 2.50 bits per heavy atom. The SMILES string of the molecule is COc1nc(N)c2c(OC(C)CC3CCN3)nc(-c3cc(N)nc(C)c3C(F)(F)F)c(F)c2n1. The second-order valence-electron chi connectivity index (χ2n) is 8.06. The number of rotatable bonds is 6. The molecule has 0 aliphatic carbocycles. The quantitative estimate of drug-likeness (QED) is 0.454. The van der Waals surface area contributed by atoms with E-state index in [-0.39, 0.29) is 40.5 Å². The van der Waals surface area contributed by atoms with Crippen LogP contribution in [0.25, 0.3) is 22.2 Å². The highest BCUT2D eigenvalue weighted by atomic mass is 19.4. The number of ether oxygens (including phenoxy) is 2. The van der Waals surface area contributed by atoms with Crippen LogP contribution in [0.2, 0.25) is 0 Å². The second kappa shape index (κ2) is 8.70. The predicted molar refractivity (Wildman–Crippen MR) is 117 cm³/mol. The molecular formula is C21H23F4N7O2. The van der Waals surface area contributed by atoms with Gasteiger partial charge in [0.15, 0.2) is 5.82 Å². The minimum atomic E-state index is -4.85. The number of fused-ring (bicyclic) bond motifs is 1. The normalized spacial score (nSPS) is 16.9. The van der Waals surface area contributed by atoms with Gasteiger partial charge < -0.3 is 26.3 Å². The number of nitrogens with two attached hydrogens (primary N) is 2. The highest BCUT2D eigenvalue weighted by molar-refractivity contribution is 5.95. The number of nitrogen functional groups attached to an aromatic ring is 2. The molecule has 1 saturated heterocycles. The van der Waals surface area contributed by atoms with E-state index in [1.54, 1.807) is 6.92 Å². The molecule has 4 heterocycles. The lowest BCUT2D eigenvalue weighted by molar-refractivity contribution is -0.137. The molecule has 5 N–H and O–H groups in total. The van der Waals surface area contributed by atoms with Crippen LogP contribution in [0.3, 0.4) is 0 Å². The number of aryl methyl sites for hydroxylation is 1. The fourth-order valence-corrected chi connectivity index (χ4v) is 3.93. The van der Waals surface area contributed by atoms with Crippen molar-refractivity contribution in [2.24, 2.45) is 0 Å². The monoisotopic (exact) mass is 481 g/mol. The number of hydrogen-bond acceptors (Lipinski definition) is 9. The first kappa shape index (κ1) is 23.7. The summed E-state index contributed by atoms with van der Waals surface area (Å²) in [6, 6.07) is 0.884. The predicted octanol–water partition coefficient (Wildman–Crippen LogP) is 3.25. The first-order chi connectivity index (χ1) is 16.0. The molecule has 0 amide bonds. The third-order valence-corrected chi connectivity index (χ3v) is 5.56. The summed E-state index contributed by atoms with van der Waals surface area (Å²) in [6.45, 7) is 3.80. The Morgan fingerprint density at radius 1 is 1.21 bits per heavy atom. The first-order valence-corrected chi connectivity index (χ1v) is 10.4. The number of hydrogen-bond donors (Lipinski definition) is 3. The topological polar surface area (TPSA) is 134 Å². The van der Waals surface area contributed by atoms with Gasteiger partial charge >= 0.3 is 12.2 Å². The van der Waals surface area contributed by atoms with E-state index in [1.165, 1.54) is 7.11 Å². The van der Waals surface area contributed by atoms with Crippen LogP contribution in [0.1, 0.15) is 31.0 Å². The molecule has 3 aromatic heterocycles. The average molecular weight is 481 g/mol. The van der Waals surface area contributed by atoms with Gasteiger partial charge in [0.25, 0.3) is 0 Å². The minimum Gasteiger partial charge on any atom is -0.474 e. The largest absolute Gasteiger partial charge is 0.474 e. The summed E-state index contributed by atoms with van der Waals surface area (Å²) in [7, 11) is 1.25. The van der Waals surface area contributed by atoms with Crippen molar-refractivity contribution in [1.29, 1.82) is 0 Å². The molecule has 1 aliphatic rings. The van der Waals surface area contributed by atoms with Gasteiger partial charge in [-0.25, -0.2) is 14.4 Å². The van der Waals surface area contributed by atoms with Crippen LogP contribution in [-0.2, 0) is 6.18 Å². The Balaban J connectivity index is 1.97. The highest BCUT2D eigenvalue weighted by Gasteiger charge is 2.38. The van der Waals surface area contributed by atoms with Gasteiger partial charge in [-0.2, -0.15) is 23.1 Å². The Hall–Kier alpha value is -3.48. The molecule has 0 radical (unpaired) electrons. The highest BCUT2D eigenvalue weighted by Crippen LogP contribution is 2.42. The van der Waals surface area contributed by atoms with Crippen molar-refractivity contribution < 1.29 is 27.0 Å². The Labute approximate surface area is 191 Å². The number of aromatic nitrogens is 4. The van der Waals surface area contributed by atoms with Crippen LogP contribution in [0, 0.1) is 12.7 Å². The van der Waals surface area contributed by atoms with Crippen LogP contribution in [0.15, 0.2) is 6.07 Å². The van der Waals surface area contributed by atoms with E-state index in [1.807, 2.05) is 0 Å². The number of pyridine rings is 2. The van der Waals surface area contributed by atoms with Crippen LogP contribution in [0.4, 0.5) is 29.2 Å². The van der Waals surface area contributed by atoms with Crippen LogP contribution in [-0.4, -0.2) is 45.7 Å². The molecule has 182 valence electrons. The molecule has 13 heteroatoms. The van der Waals surface area contributed by atoms with Gasteiger partial charge in [0.2, 0.25) is 5.88 Å². The number of methoxy groups -OCH3 is 1. The van der Waals surface area contributed by atoms with Crippen molar-refractivity contribution in [3.8, 4) is 23.1 Å². The van der Waals surface area contributed by atoms with E-state index in [9.17, 15) is 13.2 Å². The van der Waals surface area contributed by atoms with Crippen molar-refractivity contribution in [3.05, 3.63) is 23.1 Å². The molecule has 0 aromatic carbocycles. The fraction of sp³-hybridized carbons (Fsp3) is 0.429. The zero-order valence-corrected chi connectivity index (χ0v) is 18.6. The van der Waals surface area contributed by atoms with Crippen molar-refractivity contribution >= 4 is 22.5 Å². The Bertz CT molecular complexity index is 1250. The summed E-state index contributed by atoms with van der Waals surface area (Å²) in [4.78, 5) is 15.7. The molecule has 0 bridgehead atoms. The van der Waals surface area contributed by atoms with Crippen LogP contribution < -0.4 is 26.3 Å². The van der Waals surface area contributed by atoms with E-state index >= 15 is 4.39 Å². The van der Waals surface area contributed by atoms with Crippen molar-refractivity contribution in [3.63, 3.8) is 0 Å². The maximum absolute atomic E-state index is 15.7. The van der Waals surface area contributed by atoms with Crippen molar-refractivity contribution in [2.45, 2.75) is 45.0 Å². The lowest BCUT2D eigenvalue weighted by Gasteiger charge is -2.30. The van der Waals surface area contributed by atoms with Gasteiger partial charge in [0, 0.05) is 11.6 Å². The van der Waals surface area contributed by atoms with Gasteiger partial charge in [-0.1, -0.05) is 0 Å². The first-order valence-electron chi connectivity index (χ1n) is 10.4. The zero-order chi connectivity index (χ0) is 24.8. The molecule has 1 aliphatic heterocycles. The standard InChI is InChI=1S/C21H23F4N7O2/c1-8(6-10-4-5-28-10)34-19-13-17(31-20(33-3)32-18(13)27)15(22)16(30-19)11-7-12(26)29-9(2)14(11)21(23,24)25/h7-8,10,28H,4-6H2,1-3H3,(H2,26,29)(H2,27,31,32). The third-order valence-electron chi connectivity index (χ3n) is 5.56. The minimum absolute atomic E-state index is 0.0669. The molecule has 0 spiro atoms. The number of alkyl halides is 3. The Morgan fingerprint density at radius 2 is 1.91 bits per heavy atom. The van der Waals surface area contributed by atoms with E-state index in [4.69, 9.17) is 20.9 Å². The number of nitrogens with one attached hydrogen (secondary N) is 1. The molecule has 2 atom stereocenters. The number of anilines is 2. The summed E-state index contributed by atoms with van der Waals surface area (Å²) in [5.41, 5.74) is 8.50. The second-order valence-corrected chi connectivity index (χ2v) is 8.06. The number of halogens is 4. The molecule has 9 nitrogen and oxygen atoms in total. The molecule has 34 heavy (non-hydrogen) atoms. The number of nitrogens with zero attached hydrogens (tertiary/aromatic N) is 4. The van der Waals surface area contributed by atoms with Crippen molar-refractivity contribution in [2.75, 3.05) is 25.1 Å². The van der Waals surface area contributed by atoms with E-state index in [2.05, 4.69) is 25.3 Å². The Kier molecular flexibility index (Phi) is 6.06. The van der Waals surface area contributed by atoms with Gasteiger partial charge in [-0.05, 0) is 39.3 Å². The lowest BCUT2D eigenvalue weighted by Crippen LogP contribution is -2.45. The fourth-order valence-electron chi connectivity index (χ4n) is 3.93. The molecular weight excluding hydrogens is 458 g/mol. The molecule has 1 fully saturated rings. The van der Waals surface area contributed by atoms with Gasteiger partial charge in [0.1, 0.15) is 28.2 Å². The van der Waals surface area contributed by atoms with Crippen molar-refractivity contribution in [1.82, 2.24) is 25.3 Å². The maximum Gasteiger partial charge on any atom is 0.418 e. The van der Waals surface area contributed by atoms with Crippen LogP contribution in [0.5, 0.6) is 11.9 Å². The summed E-state index contributed by atoms with van der Waals surface area (Å²) in [6.07, 6.45) is -3.71. The summed E-state index contributed by atoms with van der Waals surface area (Å²) in [5, 5.41) is 3.17. The zero-order valence-electron chi connectivity index (χ0n) is 18.6. The average Bonchev–Trinajstić information content (AvgIpc) is 2.70. The maximum atomic E-state index is 15.7. The van der Waals surface area contributed by atoms with Gasteiger partial charge in [-0.15, -0.1) is 0 Å².